The van der Waals surface area contributed by atoms with Crippen LogP contribution in [-0.4, -0.2) is 38.4 Å². The third-order valence-corrected chi connectivity index (χ3v) is 3.01. The van der Waals surface area contributed by atoms with Crippen molar-refractivity contribution in [2.45, 2.75) is 0 Å². The van der Waals surface area contributed by atoms with Crippen molar-refractivity contribution < 1.29 is 28.5 Å². The van der Waals surface area contributed by atoms with Gasteiger partial charge in [-0.25, -0.2) is 9.59 Å². The monoisotopic (exact) mass is 384 g/mol. The molecule has 0 unspecified atom stereocenters. The van der Waals surface area contributed by atoms with Crippen LogP contribution in [0.5, 0.6) is 11.5 Å². The van der Waals surface area contributed by atoms with Crippen LogP contribution in [0.15, 0.2) is 86.0 Å². The van der Waals surface area contributed by atoms with Crippen molar-refractivity contribution in [2.75, 3.05) is 26.4 Å². The van der Waals surface area contributed by atoms with E-state index in [9.17, 15) is 9.59 Å². The van der Waals surface area contributed by atoms with Gasteiger partial charge < -0.3 is 18.9 Å². The van der Waals surface area contributed by atoms with E-state index in [1.807, 2.05) is 36.4 Å². The Kier molecular flexibility index (Phi) is 11.9. The van der Waals surface area contributed by atoms with Crippen molar-refractivity contribution in [3.05, 3.63) is 86.0 Å². The Bertz CT molecular complexity index is 712. The van der Waals surface area contributed by atoms with Crippen LogP contribution in [0, 0.1) is 0 Å². The van der Waals surface area contributed by atoms with E-state index in [4.69, 9.17) is 18.9 Å². The lowest BCUT2D eigenvalue weighted by molar-refractivity contribution is -0.139. The molecule has 2 aromatic carbocycles. The maximum Gasteiger partial charge on any atom is 0.335 e. The molecule has 0 bridgehead atoms. The van der Waals surface area contributed by atoms with Gasteiger partial charge in [-0.3, -0.25) is 0 Å². The minimum atomic E-state index is -0.436. The van der Waals surface area contributed by atoms with E-state index in [1.165, 1.54) is 0 Å². The highest BCUT2D eigenvalue weighted by Crippen LogP contribution is 2.08. The molecule has 6 nitrogen and oxygen atoms in total. The number of carbonyl (C=O) groups is 2. The fraction of sp³-hybridized carbons (Fsp3) is 0.182. The molecule has 0 saturated heterocycles. The van der Waals surface area contributed by atoms with Gasteiger partial charge in [0.25, 0.3) is 0 Å². The number of rotatable bonds is 10. The molecule has 0 N–H and O–H groups in total. The smallest absolute Gasteiger partial charge is 0.335 e. The minimum Gasteiger partial charge on any atom is -0.491 e. The summed E-state index contributed by atoms with van der Waals surface area (Å²) in [6.07, 6.45) is 2.26. The largest absolute Gasteiger partial charge is 0.491 e. The summed E-state index contributed by atoms with van der Waals surface area (Å²) >= 11 is 0. The number of hydrogen-bond acceptors (Lipinski definition) is 6. The number of esters is 2. The van der Waals surface area contributed by atoms with Crippen molar-refractivity contribution in [3.8, 4) is 11.5 Å². The van der Waals surface area contributed by atoms with Crippen molar-refractivity contribution in [2.24, 2.45) is 0 Å². The van der Waals surface area contributed by atoms with Gasteiger partial charge in [-0.15, -0.1) is 0 Å². The molecule has 0 heterocycles. The Labute approximate surface area is 165 Å². The van der Waals surface area contributed by atoms with Gasteiger partial charge in [0.15, 0.2) is 0 Å². The Morgan fingerprint density at radius 3 is 1.82 bits per heavy atom. The first-order chi connectivity index (χ1) is 13.7. The summed E-state index contributed by atoms with van der Waals surface area (Å²) in [4.78, 5) is 21.3. The summed E-state index contributed by atoms with van der Waals surface area (Å²) in [5.41, 5.74) is 0. The second-order valence-electron chi connectivity index (χ2n) is 5.08. The van der Waals surface area contributed by atoms with Crippen LogP contribution in [0.25, 0.3) is 0 Å². The van der Waals surface area contributed by atoms with Crippen LogP contribution < -0.4 is 9.47 Å². The minimum absolute atomic E-state index is 0.232. The number of hydrogen-bond donors (Lipinski definition) is 0. The number of ether oxygens (including phenoxy) is 4. The average molecular weight is 384 g/mol. The van der Waals surface area contributed by atoms with Gasteiger partial charge in [-0.05, 0) is 24.3 Å². The van der Waals surface area contributed by atoms with E-state index in [0.717, 1.165) is 17.9 Å². The Morgan fingerprint density at radius 1 is 0.714 bits per heavy atom. The lowest BCUT2D eigenvalue weighted by atomic mass is 10.3. The highest BCUT2D eigenvalue weighted by Gasteiger charge is 1.96. The van der Waals surface area contributed by atoms with Gasteiger partial charge in [-0.2, -0.15) is 0 Å². The molecular formula is C22H24O6. The van der Waals surface area contributed by atoms with Crippen LogP contribution >= 0.6 is 0 Å². The molecule has 0 radical (unpaired) electrons. The lowest BCUT2D eigenvalue weighted by Gasteiger charge is -2.06. The van der Waals surface area contributed by atoms with E-state index in [1.54, 1.807) is 24.3 Å². The van der Waals surface area contributed by atoms with Crippen molar-refractivity contribution in [3.63, 3.8) is 0 Å². The van der Waals surface area contributed by atoms with E-state index < -0.39 is 11.9 Å². The molecule has 6 heteroatoms. The normalized spacial score (nSPS) is 9.29. The first kappa shape index (κ1) is 22.7. The number of benzene rings is 2. The van der Waals surface area contributed by atoms with Gasteiger partial charge >= 0.3 is 11.9 Å². The SMILES string of the molecule is C=CC(=O)OCCOCCOc1ccccc1.C=CC(=O)Oc1ccccc1. The fourth-order valence-corrected chi connectivity index (χ4v) is 1.74. The predicted octanol–water partition coefficient (Wildman–Crippen LogP) is 3.59. The van der Waals surface area contributed by atoms with E-state index in [-0.39, 0.29) is 6.61 Å². The van der Waals surface area contributed by atoms with E-state index in [2.05, 4.69) is 13.2 Å². The highest BCUT2D eigenvalue weighted by molar-refractivity contribution is 5.83. The van der Waals surface area contributed by atoms with Crippen LogP contribution in [0.3, 0.4) is 0 Å². The molecular weight excluding hydrogens is 360 g/mol. The third-order valence-electron chi connectivity index (χ3n) is 3.01. The van der Waals surface area contributed by atoms with Gasteiger partial charge in [0.05, 0.1) is 13.2 Å². The Morgan fingerprint density at radius 2 is 1.25 bits per heavy atom. The molecule has 0 aliphatic rings. The fourth-order valence-electron chi connectivity index (χ4n) is 1.74. The zero-order valence-electron chi connectivity index (χ0n) is 15.6. The molecule has 2 aromatic rings. The third kappa shape index (κ3) is 11.3. The summed E-state index contributed by atoms with van der Waals surface area (Å²) in [7, 11) is 0. The second-order valence-corrected chi connectivity index (χ2v) is 5.08. The van der Waals surface area contributed by atoms with E-state index >= 15 is 0 Å². The molecule has 0 aliphatic carbocycles. The van der Waals surface area contributed by atoms with Gasteiger partial charge in [0.1, 0.15) is 24.7 Å². The Balaban J connectivity index is 0.000000307. The van der Waals surface area contributed by atoms with Gasteiger partial charge in [0.2, 0.25) is 0 Å². The number of para-hydroxylation sites is 2. The van der Waals surface area contributed by atoms with Gasteiger partial charge in [-0.1, -0.05) is 49.6 Å². The zero-order chi connectivity index (χ0) is 20.5. The maximum atomic E-state index is 10.7. The first-order valence-electron chi connectivity index (χ1n) is 8.59. The van der Waals surface area contributed by atoms with Crippen molar-refractivity contribution >= 4 is 11.9 Å². The van der Waals surface area contributed by atoms with E-state index in [0.29, 0.717) is 25.6 Å². The molecule has 0 saturated carbocycles. The molecule has 0 aromatic heterocycles. The molecule has 0 spiro atoms. The molecule has 2 rings (SSSR count). The standard InChI is InChI=1S/C13H16O4.C9H8O2/c1-2-13(14)17-11-9-15-8-10-16-12-6-4-3-5-7-12;1-2-9(10)11-8-6-4-3-5-7-8/h2-7H,1,8-11H2;2-7H,1H2. The van der Waals surface area contributed by atoms with Crippen LogP contribution in [0.1, 0.15) is 0 Å². The molecule has 0 amide bonds. The maximum absolute atomic E-state index is 10.7. The van der Waals surface area contributed by atoms with Crippen LogP contribution in [-0.2, 0) is 19.1 Å². The molecule has 0 atom stereocenters. The quantitative estimate of drug-likeness (QED) is 0.270. The molecule has 0 fully saturated rings. The summed E-state index contributed by atoms with van der Waals surface area (Å²) < 4.78 is 20.2. The topological polar surface area (TPSA) is 71.1 Å². The molecule has 28 heavy (non-hydrogen) atoms. The van der Waals surface area contributed by atoms with Crippen LogP contribution in [0.4, 0.5) is 0 Å². The van der Waals surface area contributed by atoms with Crippen molar-refractivity contribution in [1.29, 1.82) is 0 Å². The van der Waals surface area contributed by atoms with Gasteiger partial charge in [0, 0.05) is 12.2 Å². The molecule has 148 valence electrons. The number of carbonyl (C=O) groups excluding carboxylic acids is 2. The molecule has 0 aliphatic heterocycles. The zero-order valence-corrected chi connectivity index (χ0v) is 15.6. The van der Waals surface area contributed by atoms with Crippen molar-refractivity contribution in [1.82, 2.24) is 0 Å². The summed E-state index contributed by atoms with van der Waals surface area (Å²) in [5.74, 6) is 0.483. The van der Waals surface area contributed by atoms with Crippen LogP contribution in [0.2, 0.25) is 0 Å². The summed E-state index contributed by atoms with van der Waals surface area (Å²) in [5, 5.41) is 0. The summed E-state index contributed by atoms with van der Waals surface area (Å²) in [6.45, 7) is 8.09. The second kappa shape index (κ2) is 14.8. The highest BCUT2D eigenvalue weighted by atomic mass is 16.6. The Hall–Kier alpha value is -3.38. The average Bonchev–Trinajstić information content (AvgIpc) is 2.74. The lowest BCUT2D eigenvalue weighted by Crippen LogP contribution is -2.12. The predicted molar refractivity (Wildman–Crippen MR) is 106 cm³/mol. The first-order valence-corrected chi connectivity index (χ1v) is 8.59. The summed E-state index contributed by atoms with van der Waals surface area (Å²) in [6, 6.07) is 18.4.